The van der Waals surface area contributed by atoms with E-state index in [1.165, 1.54) is 0 Å². The van der Waals surface area contributed by atoms with Gasteiger partial charge < -0.3 is 20.3 Å². The number of hydrogen-bond acceptors (Lipinski definition) is 3. The van der Waals surface area contributed by atoms with Crippen molar-refractivity contribution in [1.29, 1.82) is 0 Å². The van der Waals surface area contributed by atoms with Gasteiger partial charge in [-0.05, 0) is 25.5 Å². The molecule has 1 atom stereocenters. The molecule has 6 heteroatoms. The summed E-state index contributed by atoms with van der Waals surface area (Å²) in [7, 11) is 0. The fourth-order valence-corrected chi connectivity index (χ4v) is 2.31. The Kier molecular flexibility index (Phi) is 5.77. The van der Waals surface area contributed by atoms with Crippen molar-refractivity contribution in [2.45, 2.75) is 32.7 Å². The first kappa shape index (κ1) is 16.3. The maximum Gasteiger partial charge on any atom is 0.318 e. The molecule has 2 amide bonds. The second-order valence-corrected chi connectivity index (χ2v) is 5.37. The second-order valence-electron chi connectivity index (χ2n) is 5.37. The number of urea groups is 1. The minimum absolute atomic E-state index is 0.0316. The number of carbonyl (C=O) groups is 1. The smallest absolute Gasteiger partial charge is 0.318 e. The Balaban J connectivity index is 2.02. The third-order valence-electron chi connectivity index (χ3n) is 3.60. The standard InChI is InChI=1S/C16H24N4O2/c1-3-4-9-20(10-11-21)16(22)17-12(2)15-18-13-7-5-6-8-14(13)19-15/h5-8,12,21H,3-4,9-11H2,1-2H3,(H,17,22)(H,18,19). The van der Waals surface area contributed by atoms with Gasteiger partial charge in [-0.3, -0.25) is 0 Å². The summed E-state index contributed by atoms with van der Waals surface area (Å²) >= 11 is 0. The van der Waals surface area contributed by atoms with Crippen LogP contribution >= 0.6 is 0 Å². The van der Waals surface area contributed by atoms with E-state index in [4.69, 9.17) is 5.11 Å². The summed E-state index contributed by atoms with van der Waals surface area (Å²) in [5, 5.41) is 12.0. The molecule has 0 saturated heterocycles. The van der Waals surface area contributed by atoms with E-state index in [2.05, 4.69) is 22.2 Å². The van der Waals surface area contributed by atoms with Gasteiger partial charge in [0.05, 0.1) is 23.7 Å². The molecule has 3 N–H and O–H groups in total. The van der Waals surface area contributed by atoms with Gasteiger partial charge in [-0.2, -0.15) is 0 Å². The van der Waals surface area contributed by atoms with Crippen LogP contribution in [0.4, 0.5) is 4.79 Å². The van der Waals surface area contributed by atoms with Gasteiger partial charge in [-0.15, -0.1) is 0 Å². The van der Waals surface area contributed by atoms with Crippen LogP contribution in [0.25, 0.3) is 11.0 Å². The Labute approximate surface area is 130 Å². The summed E-state index contributed by atoms with van der Waals surface area (Å²) < 4.78 is 0. The normalized spacial score (nSPS) is 12.3. The molecule has 0 fully saturated rings. The van der Waals surface area contributed by atoms with Gasteiger partial charge >= 0.3 is 6.03 Å². The summed E-state index contributed by atoms with van der Waals surface area (Å²) in [6.07, 6.45) is 1.93. The van der Waals surface area contributed by atoms with Crippen LogP contribution in [0.5, 0.6) is 0 Å². The molecule has 0 aliphatic heterocycles. The van der Waals surface area contributed by atoms with E-state index in [1.807, 2.05) is 31.2 Å². The highest BCUT2D eigenvalue weighted by atomic mass is 16.3. The highest BCUT2D eigenvalue weighted by Gasteiger charge is 2.17. The van der Waals surface area contributed by atoms with Gasteiger partial charge in [0.1, 0.15) is 5.82 Å². The van der Waals surface area contributed by atoms with Crippen LogP contribution in [0, 0.1) is 0 Å². The number of nitrogens with one attached hydrogen (secondary N) is 2. The summed E-state index contributed by atoms with van der Waals surface area (Å²) in [4.78, 5) is 21.7. The molecule has 1 aromatic carbocycles. The number of hydrogen-bond donors (Lipinski definition) is 3. The number of para-hydroxylation sites is 2. The molecule has 0 radical (unpaired) electrons. The van der Waals surface area contributed by atoms with Crippen LogP contribution in [-0.4, -0.2) is 45.7 Å². The van der Waals surface area contributed by atoms with E-state index >= 15 is 0 Å². The Morgan fingerprint density at radius 1 is 1.41 bits per heavy atom. The lowest BCUT2D eigenvalue weighted by molar-refractivity contribution is 0.173. The predicted octanol–water partition coefficient (Wildman–Crippen LogP) is 2.43. The zero-order chi connectivity index (χ0) is 15.9. The van der Waals surface area contributed by atoms with E-state index in [-0.39, 0.29) is 18.7 Å². The van der Waals surface area contributed by atoms with Crippen LogP contribution < -0.4 is 5.32 Å². The molecular weight excluding hydrogens is 280 g/mol. The Hall–Kier alpha value is -2.08. The number of unbranched alkanes of at least 4 members (excludes halogenated alkanes) is 1. The predicted molar refractivity (Wildman–Crippen MR) is 86.6 cm³/mol. The number of carbonyl (C=O) groups excluding carboxylic acids is 1. The van der Waals surface area contributed by atoms with Crippen LogP contribution in [0.3, 0.4) is 0 Å². The molecule has 1 unspecified atom stereocenters. The first-order valence-electron chi connectivity index (χ1n) is 7.76. The van der Waals surface area contributed by atoms with E-state index in [0.717, 1.165) is 29.7 Å². The van der Waals surface area contributed by atoms with Crippen molar-refractivity contribution in [2.24, 2.45) is 0 Å². The van der Waals surface area contributed by atoms with Crippen LogP contribution in [0.1, 0.15) is 38.6 Å². The third-order valence-corrected chi connectivity index (χ3v) is 3.60. The van der Waals surface area contributed by atoms with Crippen molar-refractivity contribution in [3.63, 3.8) is 0 Å². The number of H-pyrrole nitrogens is 1. The van der Waals surface area contributed by atoms with Crippen molar-refractivity contribution in [1.82, 2.24) is 20.2 Å². The minimum Gasteiger partial charge on any atom is -0.395 e. The molecular formula is C16H24N4O2. The highest BCUT2D eigenvalue weighted by Crippen LogP contribution is 2.15. The number of benzene rings is 1. The van der Waals surface area contributed by atoms with E-state index in [0.29, 0.717) is 13.1 Å². The van der Waals surface area contributed by atoms with E-state index in [9.17, 15) is 4.79 Å². The van der Waals surface area contributed by atoms with Gasteiger partial charge in [0, 0.05) is 13.1 Å². The largest absolute Gasteiger partial charge is 0.395 e. The topological polar surface area (TPSA) is 81.2 Å². The molecule has 0 spiro atoms. The fourth-order valence-electron chi connectivity index (χ4n) is 2.31. The Bertz CT molecular complexity index is 578. The van der Waals surface area contributed by atoms with Gasteiger partial charge in [-0.25, -0.2) is 9.78 Å². The van der Waals surface area contributed by atoms with Crippen molar-refractivity contribution in [3.05, 3.63) is 30.1 Å². The second kappa shape index (κ2) is 7.79. The molecule has 1 heterocycles. The zero-order valence-electron chi connectivity index (χ0n) is 13.2. The molecule has 0 bridgehead atoms. The number of aliphatic hydroxyl groups excluding tert-OH is 1. The SMILES string of the molecule is CCCCN(CCO)C(=O)NC(C)c1nc2ccccc2[nH]1. The first-order valence-corrected chi connectivity index (χ1v) is 7.76. The quantitative estimate of drug-likeness (QED) is 0.735. The summed E-state index contributed by atoms with van der Waals surface area (Å²) in [6, 6.07) is 7.38. The first-order chi connectivity index (χ1) is 10.7. The maximum atomic E-state index is 12.3. The van der Waals surface area contributed by atoms with Crippen molar-refractivity contribution in [2.75, 3.05) is 19.7 Å². The number of fused-ring (bicyclic) bond motifs is 1. The lowest BCUT2D eigenvalue weighted by Gasteiger charge is -2.23. The van der Waals surface area contributed by atoms with Gasteiger partial charge in [0.15, 0.2) is 0 Å². The van der Waals surface area contributed by atoms with Crippen molar-refractivity contribution >= 4 is 17.1 Å². The van der Waals surface area contributed by atoms with Gasteiger partial charge in [0.2, 0.25) is 0 Å². The number of nitrogens with zero attached hydrogens (tertiary/aromatic N) is 2. The molecule has 22 heavy (non-hydrogen) atoms. The molecule has 0 aliphatic rings. The number of imidazole rings is 1. The number of aromatic nitrogens is 2. The molecule has 1 aromatic heterocycles. The fraction of sp³-hybridized carbons (Fsp3) is 0.500. The van der Waals surface area contributed by atoms with Crippen molar-refractivity contribution < 1.29 is 9.90 Å². The summed E-state index contributed by atoms with van der Waals surface area (Å²) in [5.74, 6) is 0.731. The van der Waals surface area contributed by atoms with Gasteiger partial charge in [-0.1, -0.05) is 25.5 Å². The highest BCUT2D eigenvalue weighted by molar-refractivity contribution is 5.76. The van der Waals surface area contributed by atoms with Crippen LogP contribution in [0.2, 0.25) is 0 Å². The number of aliphatic hydroxyl groups is 1. The minimum atomic E-state index is -0.220. The van der Waals surface area contributed by atoms with Crippen LogP contribution in [0.15, 0.2) is 24.3 Å². The Morgan fingerprint density at radius 2 is 2.18 bits per heavy atom. The van der Waals surface area contributed by atoms with E-state index < -0.39 is 0 Å². The lowest BCUT2D eigenvalue weighted by Crippen LogP contribution is -2.43. The molecule has 2 rings (SSSR count). The molecule has 2 aromatic rings. The van der Waals surface area contributed by atoms with E-state index in [1.54, 1.807) is 4.90 Å². The monoisotopic (exact) mass is 304 g/mol. The average Bonchev–Trinajstić information content (AvgIpc) is 2.95. The van der Waals surface area contributed by atoms with Gasteiger partial charge in [0.25, 0.3) is 0 Å². The maximum absolute atomic E-state index is 12.3. The molecule has 0 aliphatic carbocycles. The van der Waals surface area contributed by atoms with Crippen molar-refractivity contribution in [3.8, 4) is 0 Å². The number of amides is 2. The molecule has 0 saturated carbocycles. The summed E-state index contributed by atoms with van der Waals surface area (Å²) in [6.45, 7) is 4.93. The lowest BCUT2D eigenvalue weighted by atomic mass is 10.3. The number of aromatic amines is 1. The van der Waals surface area contributed by atoms with Crippen LogP contribution in [-0.2, 0) is 0 Å². The molecule has 6 nitrogen and oxygen atoms in total. The number of rotatable bonds is 7. The Morgan fingerprint density at radius 3 is 2.86 bits per heavy atom. The zero-order valence-corrected chi connectivity index (χ0v) is 13.2. The molecule has 120 valence electrons. The third kappa shape index (κ3) is 3.98. The average molecular weight is 304 g/mol. The summed E-state index contributed by atoms with van der Waals surface area (Å²) in [5.41, 5.74) is 1.84.